The van der Waals surface area contributed by atoms with E-state index in [0.29, 0.717) is 30.1 Å². The van der Waals surface area contributed by atoms with Crippen molar-refractivity contribution in [2.45, 2.75) is 25.4 Å². The van der Waals surface area contributed by atoms with Crippen LogP contribution < -0.4 is 0 Å². The number of aromatic nitrogens is 7. The summed E-state index contributed by atoms with van der Waals surface area (Å²) in [6.45, 7) is 2.22. The van der Waals surface area contributed by atoms with Crippen LogP contribution in [0.4, 0.5) is 4.39 Å². The van der Waals surface area contributed by atoms with Crippen LogP contribution in [0.3, 0.4) is 0 Å². The van der Waals surface area contributed by atoms with Gasteiger partial charge in [0.15, 0.2) is 17.2 Å². The Hall–Kier alpha value is -4.71. The highest BCUT2D eigenvalue weighted by atomic mass is 19.1. The summed E-state index contributed by atoms with van der Waals surface area (Å²) in [6, 6.07) is 9.35. The number of imidazole rings is 1. The molecular formula is C28H27FN8O3. The number of aryl methyl sites for hydroxylation is 2. The molecule has 1 aliphatic rings. The van der Waals surface area contributed by atoms with Gasteiger partial charge in [-0.15, -0.1) is 0 Å². The van der Waals surface area contributed by atoms with E-state index in [9.17, 15) is 19.1 Å². The molecule has 0 saturated carbocycles. The predicted molar refractivity (Wildman–Crippen MR) is 142 cm³/mol. The standard InChI is InChI=1S/C28H27FN8O3/c1-17-33-16-37(34-17)25-23-22(21(29)15-32-25)20(14-31-23)24(38)26(39)36-11-8-19(9-12-36)28(40,18-6-4-3-5-7-18)27-30-10-13-35(27)2/h3-7,10,13-16,19,31,40H,8-9,11-12H2,1-2H3. The average molecular weight is 543 g/mol. The Morgan fingerprint density at radius 1 is 1.12 bits per heavy atom. The monoisotopic (exact) mass is 542 g/mol. The van der Waals surface area contributed by atoms with Crippen molar-refractivity contribution in [3.8, 4) is 5.82 Å². The Balaban J connectivity index is 1.25. The lowest BCUT2D eigenvalue weighted by Crippen LogP contribution is -2.48. The molecule has 11 nitrogen and oxygen atoms in total. The fourth-order valence-corrected chi connectivity index (χ4v) is 5.63. The SMILES string of the molecule is Cc1ncn(-c2ncc(F)c3c(C(=O)C(=O)N4CCC(C(O)(c5ccccc5)c5nccn5C)CC4)c[nH]c23)n1. The summed E-state index contributed by atoms with van der Waals surface area (Å²) < 4.78 is 18.1. The number of pyridine rings is 1. The van der Waals surface area contributed by atoms with E-state index in [1.165, 1.54) is 22.1 Å². The van der Waals surface area contributed by atoms with E-state index in [1.54, 1.807) is 23.9 Å². The molecule has 1 amide bonds. The largest absolute Gasteiger partial charge is 0.377 e. The van der Waals surface area contributed by atoms with E-state index < -0.39 is 23.1 Å². The van der Waals surface area contributed by atoms with Crippen molar-refractivity contribution in [1.29, 1.82) is 0 Å². The molecule has 204 valence electrons. The van der Waals surface area contributed by atoms with Gasteiger partial charge in [-0.05, 0) is 25.3 Å². The molecular weight excluding hydrogens is 515 g/mol. The average Bonchev–Trinajstić information content (AvgIpc) is 3.73. The first kappa shape index (κ1) is 25.6. The minimum Gasteiger partial charge on any atom is -0.377 e. The van der Waals surface area contributed by atoms with Crippen molar-refractivity contribution < 1.29 is 19.1 Å². The second kappa shape index (κ2) is 9.79. The van der Waals surface area contributed by atoms with Crippen molar-refractivity contribution in [2.24, 2.45) is 13.0 Å². The van der Waals surface area contributed by atoms with Gasteiger partial charge >= 0.3 is 0 Å². The Kier molecular flexibility index (Phi) is 6.26. The molecule has 6 rings (SSSR count). The van der Waals surface area contributed by atoms with Crippen LogP contribution in [0.1, 0.15) is 40.4 Å². The first-order chi connectivity index (χ1) is 19.3. The molecule has 1 atom stereocenters. The number of carbonyl (C=O) groups excluding carboxylic acids is 2. The second-order valence-electron chi connectivity index (χ2n) is 10.0. The van der Waals surface area contributed by atoms with Crippen LogP contribution in [0.5, 0.6) is 0 Å². The maximum absolute atomic E-state index is 14.9. The van der Waals surface area contributed by atoms with E-state index >= 15 is 0 Å². The maximum Gasteiger partial charge on any atom is 0.295 e. The van der Waals surface area contributed by atoms with Crippen LogP contribution >= 0.6 is 0 Å². The number of Topliss-reactive ketones (excluding diaryl/α,β-unsaturated/α-hetero) is 1. The lowest BCUT2D eigenvalue weighted by molar-refractivity contribution is -0.129. The van der Waals surface area contributed by atoms with Gasteiger partial charge in [0.05, 0.1) is 22.7 Å². The number of halogens is 1. The molecule has 5 aromatic rings. The van der Waals surface area contributed by atoms with Crippen molar-refractivity contribution in [3.63, 3.8) is 0 Å². The third-order valence-electron chi connectivity index (χ3n) is 7.65. The molecule has 1 aromatic carbocycles. The van der Waals surface area contributed by atoms with Crippen LogP contribution in [0.15, 0.2) is 61.4 Å². The molecule has 1 unspecified atom stereocenters. The molecule has 40 heavy (non-hydrogen) atoms. The second-order valence-corrected chi connectivity index (χ2v) is 10.0. The normalized spacial score (nSPS) is 15.8. The molecule has 0 bridgehead atoms. The number of rotatable bonds is 6. The molecule has 12 heteroatoms. The van der Waals surface area contributed by atoms with Crippen LogP contribution in [0.25, 0.3) is 16.7 Å². The summed E-state index contributed by atoms with van der Waals surface area (Å²) in [4.78, 5) is 43.7. The summed E-state index contributed by atoms with van der Waals surface area (Å²) in [5.41, 5.74) is -0.495. The predicted octanol–water partition coefficient (Wildman–Crippen LogP) is 2.68. The minimum atomic E-state index is -1.37. The summed E-state index contributed by atoms with van der Waals surface area (Å²) in [7, 11) is 1.83. The van der Waals surface area contributed by atoms with E-state index in [2.05, 4.69) is 25.0 Å². The van der Waals surface area contributed by atoms with Crippen molar-refractivity contribution in [2.75, 3.05) is 13.1 Å². The van der Waals surface area contributed by atoms with Crippen LogP contribution in [-0.4, -0.2) is 69.1 Å². The zero-order valence-electron chi connectivity index (χ0n) is 22.0. The number of piperidine rings is 1. The molecule has 0 aliphatic carbocycles. The van der Waals surface area contributed by atoms with E-state index in [0.717, 1.165) is 6.20 Å². The third-order valence-corrected chi connectivity index (χ3v) is 7.65. The summed E-state index contributed by atoms with van der Waals surface area (Å²) >= 11 is 0. The van der Waals surface area contributed by atoms with E-state index in [1.807, 2.05) is 37.4 Å². The highest BCUT2D eigenvalue weighted by molar-refractivity contribution is 6.45. The van der Waals surface area contributed by atoms with Crippen LogP contribution in [-0.2, 0) is 17.4 Å². The van der Waals surface area contributed by atoms with Gasteiger partial charge in [0.2, 0.25) is 0 Å². The summed E-state index contributed by atoms with van der Waals surface area (Å²) in [5, 5.41) is 16.3. The zero-order chi connectivity index (χ0) is 28.0. The van der Waals surface area contributed by atoms with Gasteiger partial charge in [-0.25, -0.2) is 24.0 Å². The molecule has 0 spiro atoms. The van der Waals surface area contributed by atoms with Gasteiger partial charge in [-0.3, -0.25) is 9.59 Å². The number of aliphatic hydroxyl groups is 1. The maximum atomic E-state index is 14.9. The number of H-pyrrole nitrogens is 1. The lowest BCUT2D eigenvalue weighted by Gasteiger charge is -2.41. The fraction of sp³-hybridized carbons (Fsp3) is 0.286. The Morgan fingerprint density at radius 3 is 2.52 bits per heavy atom. The molecule has 4 aromatic heterocycles. The zero-order valence-corrected chi connectivity index (χ0v) is 22.0. The summed E-state index contributed by atoms with van der Waals surface area (Å²) in [5.74, 6) is -1.25. The third kappa shape index (κ3) is 4.08. The van der Waals surface area contributed by atoms with Gasteiger partial charge in [0.25, 0.3) is 11.7 Å². The number of likely N-dealkylation sites (tertiary alicyclic amines) is 1. The van der Waals surface area contributed by atoms with Gasteiger partial charge in [-0.1, -0.05) is 30.3 Å². The molecule has 2 N–H and O–H groups in total. The number of nitrogens with zero attached hydrogens (tertiary/aromatic N) is 7. The number of benzene rings is 1. The van der Waals surface area contributed by atoms with Gasteiger partial charge in [0.1, 0.15) is 18.0 Å². The quantitative estimate of drug-likeness (QED) is 0.249. The summed E-state index contributed by atoms with van der Waals surface area (Å²) in [6.07, 6.45) is 8.08. The van der Waals surface area contributed by atoms with Crippen LogP contribution in [0, 0.1) is 18.7 Å². The smallest absolute Gasteiger partial charge is 0.295 e. The van der Waals surface area contributed by atoms with Crippen molar-refractivity contribution in [3.05, 3.63) is 90.0 Å². The molecule has 1 saturated heterocycles. The van der Waals surface area contributed by atoms with Gasteiger partial charge < -0.3 is 19.6 Å². The number of hydrogen-bond donors (Lipinski definition) is 2. The number of nitrogens with one attached hydrogen (secondary N) is 1. The van der Waals surface area contributed by atoms with Crippen molar-refractivity contribution >= 4 is 22.6 Å². The molecule has 1 aliphatic heterocycles. The van der Waals surface area contributed by atoms with Crippen molar-refractivity contribution in [1.82, 2.24) is 39.2 Å². The van der Waals surface area contributed by atoms with E-state index in [4.69, 9.17) is 0 Å². The molecule has 5 heterocycles. The molecule has 1 fully saturated rings. The lowest BCUT2D eigenvalue weighted by atomic mass is 9.75. The van der Waals surface area contributed by atoms with Gasteiger partial charge in [0, 0.05) is 44.6 Å². The fourth-order valence-electron chi connectivity index (χ4n) is 5.63. The highest BCUT2D eigenvalue weighted by Gasteiger charge is 2.45. The number of fused-ring (bicyclic) bond motifs is 1. The topological polar surface area (TPSA) is 135 Å². The number of amides is 1. The first-order valence-electron chi connectivity index (χ1n) is 12.9. The Bertz CT molecular complexity index is 1720. The molecule has 0 radical (unpaired) electrons. The minimum absolute atomic E-state index is 0.0281. The first-order valence-corrected chi connectivity index (χ1v) is 12.9. The number of aromatic amines is 1. The number of hydrogen-bond acceptors (Lipinski definition) is 7. The Labute approximate surface area is 228 Å². The van der Waals surface area contributed by atoms with Crippen LogP contribution in [0.2, 0.25) is 0 Å². The van der Waals surface area contributed by atoms with E-state index in [-0.39, 0.29) is 41.3 Å². The number of ketones is 1. The van der Waals surface area contributed by atoms with Gasteiger partial charge in [-0.2, -0.15) is 5.10 Å². The highest BCUT2D eigenvalue weighted by Crippen LogP contribution is 2.41. The number of carbonyl (C=O) groups is 2. The Morgan fingerprint density at radius 2 is 1.88 bits per heavy atom.